The number of carbonyl (C=O) groups excluding carboxylic acids is 1. The van der Waals surface area contributed by atoms with Crippen molar-refractivity contribution >= 4 is 5.91 Å². The van der Waals surface area contributed by atoms with Crippen molar-refractivity contribution in [1.82, 2.24) is 5.32 Å². The molecule has 1 heterocycles. The number of nitrogens with one attached hydrogen (secondary N) is 1. The van der Waals surface area contributed by atoms with Gasteiger partial charge in [-0.2, -0.15) is 0 Å². The van der Waals surface area contributed by atoms with Gasteiger partial charge in [0.1, 0.15) is 24.4 Å². The van der Waals surface area contributed by atoms with Crippen LogP contribution >= 0.6 is 0 Å². The summed E-state index contributed by atoms with van der Waals surface area (Å²) >= 11 is 0. The van der Waals surface area contributed by atoms with Gasteiger partial charge in [-0.25, -0.2) is 0 Å². The SMILES string of the molecule is CCCCCCC/C=C\C/C=C\CCCCCCCCCCCCCCCCCCCC(=O)NC(COC1OC(CO)C(O)C(O)C1O)C(O)/C=C/CC/C=C/CC/C=C/CCCCCCCCCCCCCCCCC. The van der Waals surface area contributed by atoms with Crippen LogP contribution in [0.15, 0.2) is 60.8 Å². The van der Waals surface area contributed by atoms with Crippen molar-refractivity contribution in [3.8, 4) is 0 Å². The van der Waals surface area contributed by atoms with E-state index in [1.807, 2.05) is 6.08 Å². The summed E-state index contributed by atoms with van der Waals surface area (Å²) in [6, 6.07) is -0.831. The molecule has 9 heteroatoms. The first-order valence-corrected chi connectivity index (χ1v) is 33.0. The Morgan fingerprint density at radius 2 is 0.779 bits per heavy atom. The maximum atomic E-state index is 13.1. The van der Waals surface area contributed by atoms with Crippen LogP contribution in [0.1, 0.15) is 309 Å². The fourth-order valence-corrected chi connectivity index (χ4v) is 10.3. The van der Waals surface area contributed by atoms with Gasteiger partial charge in [-0.05, 0) is 77.0 Å². The fraction of sp³-hybridized carbons (Fsp3) is 0.838. The molecule has 9 nitrogen and oxygen atoms in total. The molecule has 6 N–H and O–H groups in total. The highest BCUT2D eigenvalue weighted by atomic mass is 16.7. The number of ether oxygens (including phenoxy) is 2. The second-order valence-electron chi connectivity index (χ2n) is 22.9. The highest BCUT2D eigenvalue weighted by Crippen LogP contribution is 2.23. The van der Waals surface area contributed by atoms with Gasteiger partial charge in [0.15, 0.2) is 6.29 Å². The average molecular weight is 1080 g/mol. The first-order valence-electron chi connectivity index (χ1n) is 33.0. The summed E-state index contributed by atoms with van der Waals surface area (Å²) in [4.78, 5) is 13.1. The van der Waals surface area contributed by atoms with Gasteiger partial charge >= 0.3 is 0 Å². The van der Waals surface area contributed by atoms with Crippen LogP contribution in [0.3, 0.4) is 0 Å². The molecule has 0 aromatic carbocycles. The maximum absolute atomic E-state index is 13.1. The Kier molecular flexibility index (Phi) is 54.1. The van der Waals surface area contributed by atoms with Crippen molar-refractivity contribution in [2.24, 2.45) is 0 Å². The van der Waals surface area contributed by atoms with Gasteiger partial charge in [0.05, 0.1) is 25.4 Å². The van der Waals surface area contributed by atoms with Gasteiger partial charge in [0, 0.05) is 6.42 Å². The predicted molar refractivity (Wildman–Crippen MR) is 327 cm³/mol. The Bertz CT molecular complexity index is 1400. The van der Waals surface area contributed by atoms with E-state index in [-0.39, 0.29) is 12.5 Å². The minimum atomic E-state index is -1.58. The lowest BCUT2D eigenvalue weighted by Crippen LogP contribution is -2.60. The molecule has 77 heavy (non-hydrogen) atoms. The summed E-state index contributed by atoms with van der Waals surface area (Å²) in [5, 5.41) is 54.6. The first kappa shape index (κ1) is 72.9. The molecular weight excluding hydrogens is 959 g/mol. The van der Waals surface area contributed by atoms with E-state index in [4.69, 9.17) is 9.47 Å². The Balaban J connectivity index is 2.19. The summed E-state index contributed by atoms with van der Waals surface area (Å²) < 4.78 is 11.3. The van der Waals surface area contributed by atoms with Crippen molar-refractivity contribution in [2.45, 2.75) is 352 Å². The smallest absolute Gasteiger partial charge is 0.220 e. The number of aliphatic hydroxyl groups excluding tert-OH is 5. The largest absolute Gasteiger partial charge is 0.394 e. The topological polar surface area (TPSA) is 149 Å². The summed E-state index contributed by atoms with van der Waals surface area (Å²) in [6.45, 7) is 3.78. The van der Waals surface area contributed by atoms with Gasteiger partial charge in [0.25, 0.3) is 0 Å². The quantitative estimate of drug-likeness (QED) is 0.0261. The first-order chi connectivity index (χ1) is 37.8. The summed E-state index contributed by atoms with van der Waals surface area (Å²) in [6.07, 6.45) is 71.7. The molecule has 1 saturated heterocycles. The Morgan fingerprint density at radius 1 is 0.442 bits per heavy atom. The minimum absolute atomic E-state index is 0.187. The van der Waals surface area contributed by atoms with Crippen LogP contribution in [0.4, 0.5) is 0 Å². The summed E-state index contributed by atoms with van der Waals surface area (Å²) in [7, 11) is 0. The Morgan fingerprint density at radius 3 is 1.17 bits per heavy atom. The molecule has 450 valence electrons. The zero-order valence-corrected chi connectivity index (χ0v) is 50.2. The van der Waals surface area contributed by atoms with Crippen molar-refractivity contribution in [2.75, 3.05) is 13.2 Å². The van der Waals surface area contributed by atoms with Gasteiger partial charge in [-0.3, -0.25) is 4.79 Å². The third-order valence-electron chi connectivity index (χ3n) is 15.5. The molecular formula is C68H125NO8. The number of allylic oxidation sites excluding steroid dienone is 9. The van der Waals surface area contributed by atoms with E-state index >= 15 is 0 Å². The molecule has 0 spiro atoms. The average Bonchev–Trinajstić information content (AvgIpc) is 3.43. The molecule has 7 unspecified atom stereocenters. The van der Waals surface area contributed by atoms with E-state index in [1.54, 1.807) is 6.08 Å². The van der Waals surface area contributed by atoms with Gasteiger partial charge in [-0.1, -0.05) is 286 Å². The maximum Gasteiger partial charge on any atom is 0.220 e. The lowest BCUT2D eigenvalue weighted by atomic mass is 9.99. The number of unbranched alkanes of at least 4 members (excludes halogenated alkanes) is 39. The lowest BCUT2D eigenvalue weighted by Gasteiger charge is -2.40. The molecule has 0 aliphatic carbocycles. The fourth-order valence-electron chi connectivity index (χ4n) is 10.3. The molecule has 1 fully saturated rings. The van der Waals surface area contributed by atoms with Crippen molar-refractivity contribution in [3.63, 3.8) is 0 Å². The third-order valence-corrected chi connectivity index (χ3v) is 15.5. The Labute approximate surface area is 475 Å². The molecule has 1 rings (SSSR count). The van der Waals surface area contributed by atoms with E-state index in [0.29, 0.717) is 6.42 Å². The monoisotopic (exact) mass is 1080 g/mol. The van der Waals surface area contributed by atoms with Crippen LogP contribution in [0.2, 0.25) is 0 Å². The molecule has 7 atom stereocenters. The van der Waals surface area contributed by atoms with Crippen molar-refractivity contribution in [3.05, 3.63) is 60.8 Å². The number of amides is 1. The predicted octanol–water partition coefficient (Wildman–Crippen LogP) is 17.4. The standard InChI is InChI=1S/C68H125NO8/c1-3-5-7-9-11-13-15-17-19-21-23-25-27-29-30-31-32-34-36-38-40-42-44-46-48-50-52-54-56-58-64(72)69-61(60-76-68-67(75)66(74)65(73)63(59-70)77-68)62(71)57-55-53-51-49-47-45-43-41-39-37-35-33-28-26-24-22-20-18-16-14-12-10-8-6-4-2/h15,17,21,23,39,41,47,49,55,57,61-63,65-68,70-71,73-75H,3-14,16,18-20,22,24-38,40,42-46,48,50-54,56,58-60H2,1-2H3,(H,69,72)/b17-15-,23-21-,41-39+,49-47+,57-55+. The number of hydrogen-bond donors (Lipinski definition) is 6. The highest BCUT2D eigenvalue weighted by Gasteiger charge is 2.44. The van der Waals surface area contributed by atoms with Gasteiger partial charge in [0.2, 0.25) is 5.91 Å². The number of aliphatic hydroxyl groups is 5. The highest BCUT2D eigenvalue weighted by molar-refractivity contribution is 5.76. The number of rotatable bonds is 57. The van der Waals surface area contributed by atoms with Crippen LogP contribution < -0.4 is 5.32 Å². The molecule has 0 aromatic rings. The van der Waals surface area contributed by atoms with E-state index in [9.17, 15) is 30.3 Å². The van der Waals surface area contributed by atoms with E-state index in [2.05, 4.69) is 67.8 Å². The van der Waals surface area contributed by atoms with Crippen LogP contribution in [0.5, 0.6) is 0 Å². The van der Waals surface area contributed by atoms with Crippen LogP contribution in [-0.2, 0) is 14.3 Å². The number of hydrogen-bond acceptors (Lipinski definition) is 8. The van der Waals surface area contributed by atoms with Gasteiger partial charge in [-0.15, -0.1) is 0 Å². The van der Waals surface area contributed by atoms with E-state index in [0.717, 1.165) is 51.4 Å². The Hall–Kier alpha value is -2.11. The number of carbonyl (C=O) groups is 1. The van der Waals surface area contributed by atoms with Crippen LogP contribution in [-0.4, -0.2) is 87.5 Å². The van der Waals surface area contributed by atoms with Crippen molar-refractivity contribution < 1.29 is 39.8 Å². The second-order valence-corrected chi connectivity index (χ2v) is 22.9. The molecule has 1 amide bonds. The molecule has 1 aliphatic rings. The van der Waals surface area contributed by atoms with Crippen LogP contribution in [0, 0.1) is 0 Å². The van der Waals surface area contributed by atoms with E-state index < -0.39 is 49.5 Å². The minimum Gasteiger partial charge on any atom is -0.394 e. The molecule has 0 saturated carbocycles. The second kappa shape index (κ2) is 57.1. The van der Waals surface area contributed by atoms with Crippen molar-refractivity contribution in [1.29, 1.82) is 0 Å². The third kappa shape index (κ3) is 46.2. The summed E-state index contributed by atoms with van der Waals surface area (Å²) in [5.41, 5.74) is 0. The molecule has 0 aromatic heterocycles. The zero-order chi connectivity index (χ0) is 55.8. The molecule has 0 radical (unpaired) electrons. The van der Waals surface area contributed by atoms with Gasteiger partial charge < -0.3 is 40.3 Å². The summed E-state index contributed by atoms with van der Waals surface area (Å²) in [5.74, 6) is -0.187. The van der Waals surface area contributed by atoms with Crippen LogP contribution in [0.25, 0.3) is 0 Å². The zero-order valence-electron chi connectivity index (χ0n) is 50.2. The lowest BCUT2D eigenvalue weighted by molar-refractivity contribution is -0.302. The molecule has 0 bridgehead atoms. The normalized spacial score (nSPS) is 19.1. The molecule has 1 aliphatic heterocycles. The van der Waals surface area contributed by atoms with E-state index in [1.165, 1.54) is 238 Å².